The molecule has 240 valence electrons. The lowest BCUT2D eigenvalue weighted by atomic mass is 9.83. The maximum atomic E-state index is 12.7. The van der Waals surface area contributed by atoms with E-state index in [1.807, 2.05) is 24.3 Å². The van der Waals surface area contributed by atoms with Gasteiger partial charge in [0, 0.05) is 5.33 Å². The summed E-state index contributed by atoms with van der Waals surface area (Å²) in [6.45, 7) is 3.77. The highest BCUT2D eigenvalue weighted by Gasteiger charge is 2.25. The molecule has 0 unspecified atom stereocenters. The third-order valence-electron chi connectivity index (χ3n) is 8.70. The Bertz CT molecular complexity index is 966. The van der Waals surface area contributed by atoms with Crippen molar-refractivity contribution < 1.29 is 19.0 Å². The predicted octanol–water partition coefficient (Wildman–Crippen LogP) is 11.6. The quantitative estimate of drug-likeness (QED) is 0.0678. The van der Waals surface area contributed by atoms with E-state index in [0.717, 1.165) is 68.6 Å². The normalized spacial score (nSPS) is 16.6. The van der Waals surface area contributed by atoms with E-state index >= 15 is 0 Å². The minimum Gasteiger partial charge on any atom is -0.494 e. The molecule has 0 bridgehead atoms. The van der Waals surface area contributed by atoms with Crippen molar-refractivity contribution >= 4 is 21.9 Å². The van der Waals surface area contributed by atoms with E-state index < -0.39 is 0 Å². The number of alkyl halides is 1. The average Bonchev–Trinajstić information content (AvgIpc) is 3.04. The number of carbonyl (C=O) groups excluding carboxylic acids is 1. The standard InChI is InChI=1S/C38H57BrO4/c1-2-3-4-5-12-15-30-42-36-25-21-34(22-26-36)38(40)43-37-27-19-33(20-28-37)32-17-23-35(24-18-32)41-31-16-13-10-8-6-7-9-11-14-29-39/h17-18,21-26,33,37H,2-16,19-20,27-31H2,1H3. The molecule has 0 aliphatic heterocycles. The van der Waals surface area contributed by atoms with Gasteiger partial charge in [-0.1, -0.05) is 112 Å². The van der Waals surface area contributed by atoms with Crippen LogP contribution in [0.4, 0.5) is 0 Å². The van der Waals surface area contributed by atoms with Crippen LogP contribution in [-0.4, -0.2) is 30.6 Å². The van der Waals surface area contributed by atoms with Crippen LogP contribution in [0, 0.1) is 0 Å². The first-order valence-corrected chi connectivity index (χ1v) is 18.5. The van der Waals surface area contributed by atoms with Gasteiger partial charge in [-0.15, -0.1) is 0 Å². The van der Waals surface area contributed by atoms with Gasteiger partial charge in [0.15, 0.2) is 0 Å². The molecule has 5 heteroatoms. The number of benzene rings is 2. The fraction of sp³-hybridized carbons (Fsp3) is 0.658. The van der Waals surface area contributed by atoms with Crippen molar-refractivity contribution in [2.45, 2.75) is 141 Å². The topological polar surface area (TPSA) is 44.8 Å². The fourth-order valence-electron chi connectivity index (χ4n) is 5.95. The molecule has 1 saturated carbocycles. The number of esters is 1. The number of carbonyl (C=O) groups is 1. The van der Waals surface area contributed by atoms with Crippen LogP contribution in [-0.2, 0) is 4.74 Å². The second-order valence-corrected chi connectivity index (χ2v) is 13.1. The van der Waals surface area contributed by atoms with E-state index in [0.29, 0.717) is 11.5 Å². The third-order valence-corrected chi connectivity index (χ3v) is 9.26. The van der Waals surface area contributed by atoms with Crippen LogP contribution < -0.4 is 9.47 Å². The first kappa shape index (κ1) is 35.5. The summed E-state index contributed by atoms with van der Waals surface area (Å²) in [5.41, 5.74) is 1.96. The Hall–Kier alpha value is -2.01. The van der Waals surface area contributed by atoms with Crippen LogP contribution in [0.1, 0.15) is 151 Å². The number of halogens is 1. The second kappa shape index (κ2) is 22.5. The Morgan fingerprint density at radius 3 is 1.60 bits per heavy atom. The summed E-state index contributed by atoms with van der Waals surface area (Å²) in [6, 6.07) is 16.1. The lowest BCUT2D eigenvalue weighted by molar-refractivity contribution is 0.0195. The summed E-state index contributed by atoms with van der Waals surface area (Å²) in [4.78, 5) is 12.7. The van der Waals surface area contributed by atoms with Crippen molar-refractivity contribution in [2.24, 2.45) is 0 Å². The lowest BCUT2D eigenvalue weighted by Gasteiger charge is -2.28. The van der Waals surface area contributed by atoms with Crippen molar-refractivity contribution in [3.05, 3.63) is 59.7 Å². The van der Waals surface area contributed by atoms with Gasteiger partial charge in [0.25, 0.3) is 0 Å². The highest BCUT2D eigenvalue weighted by Crippen LogP contribution is 2.35. The molecule has 0 aromatic heterocycles. The van der Waals surface area contributed by atoms with Crippen LogP contribution in [0.3, 0.4) is 0 Å². The molecule has 3 rings (SSSR count). The molecule has 0 atom stereocenters. The Labute approximate surface area is 270 Å². The van der Waals surface area contributed by atoms with Crippen molar-refractivity contribution in [2.75, 3.05) is 18.5 Å². The molecule has 4 nitrogen and oxygen atoms in total. The van der Waals surface area contributed by atoms with E-state index in [4.69, 9.17) is 14.2 Å². The average molecular weight is 658 g/mol. The van der Waals surface area contributed by atoms with Crippen LogP contribution in [0.5, 0.6) is 11.5 Å². The van der Waals surface area contributed by atoms with Gasteiger partial charge in [-0.05, 0) is 92.8 Å². The van der Waals surface area contributed by atoms with E-state index in [-0.39, 0.29) is 12.1 Å². The number of hydrogen-bond acceptors (Lipinski definition) is 4. The van der Waals surface area contributed by atoms with Crippen LogP contribution in [0.15, 0.2) is 48.5 Å². The number of hydrogen-bond donors (Lipinski definition) is 0. The molecule has 0 saturated heterocycles. The third kappa shape index (κ3) is 15.0. The molecule has 0 heterocycles. The number of ether oxygens (including phenoxy) is 3. The van der Waals surface area contributed by atoms with Gasteiger partial charge < -0.3 is 14.2 Å². The molecule has 43 heavy (non-hydrogen) atoms. The zero-order chi connectivity index (χ0) is 30.4. The van der Waals surface area contributed by atoms with Crippen molar-refractivity contribution in [1.82, 2.24) is 0 Å². The van der Waals surface area contributed by atoms with Crippen molar-refractivity contribution in [1.29, 1.82) is 0 Å². The fourth-order valence-corrected chi connectivity index (χ4v) is 6.35. The zero-order valence-corrected chi connectivity index (χ0v) is 28.4. The lowest BCUT2D eigenvalue weighted by Crippen LogP contribution is -2.24. The van der Waals surface area contributed by atoms with Crippen LogP contribution in [0.25, 0.3) is 0 Å². The molecule has 0 radical (unpaired) electrons. The molecular weight excluding hydrogens is 600 g/mol. The Morgan fingerprint density at radius 2 is 1.09 bits per heavy atom. The predicted molar refractivity (Wildman–Crippen MR) is 183 cm³/mol. The minimum atomic E-state index is -0.228. The highest BCUT2D eigenvalue weighted by atomic mass is 79.9. The summed E-state index contributed by atoms with van der Waals surface area (Å²) < 4.78 is 17.7. The molecular formula is C38H57BrO4. The van der Waals surface area contributed by atoms with Gasteiger partial charge >= 0.3 is 5.97 Å². The molecule has 1 fully saturated rings. The van der Waals surface area contributed by atoms with Gasteiger partial charge in [-0.25, -0.2) is 4.79 Å². The Morgan fingerprint density at radius 1 is 0.628 bits per heavy atom. The first-order valence-electron chi connectivity index (χ1n) is 17.4. The molecule has 1 aliphatic carbocycles. The monoisotopic (exact) mass is 656 g/mol. The first-order chi connectivity index (χ1) is 21.2. The molecule has 0 spiro atoms. The van der Waals surface area contributed by atoms with Crippen molar-refractivity contribution in [3.8, 4) is 11.5 Å². The summed E-state index contributed by atoms with van der Waals surface area (Å²) in [5.74, 6) is 2.08. The zero-order valence-electron chi connectivity index (χ0n) is 26.8. The van der Waals surface area contributed by atoms with Gasteiger partial charge in [-0.2, -0.15) is 0 Å². The van der Waals surface area contributed by atoms with Gasteiger partial charge in [0.1, 0.15) is 17.6 Å². The Balaban J connectivity index is 1.25. The molecule has 2 aromatic carbocycles. The highest BCUT2D eigenvalue weighted by molar-refractivity contribution is 9.09. The summed E-state index contributed by atoms with van der Waals surface area (Å²) in [6.07, 6.45) is 23.2. The SMILES string of the molecule is CCCCCCCCOc1ccc(C(=O)OC2CCC(c3ccc(OCCCCCCCCCCCBr)cc3)CC2)cc1. The summed E-state index contributed by atoms with van der Waals surface area (Å²) in [5, 5.41) is 1.14. The van der Waals surface area contributed by atoms with E-state index in [1.165, 1.54) is 89.0 Å². The molecule has 2 aromatic rings. The van der Waals surface area contributed by atoms with Gasteiger partial charge in [0.2, 0.25) is 0 Å². The number of rotatable bonds is 23. The molecule has 1 aliphatic rings. The molecule has 0 N–H and O–H groups in total. The maximum absolute atomic E-state index is 12.7. The summed E-state index contributed by atoms with van der Waals surface area (Å²) in [7, 11) is 0. The van der Waals surface area contributed by atoms with E-state index in [9.17, 15) is 4.79 Å². The van der Waals surface area contributed by atoms with E-state index in [1.54, 1.807) is 0 Å². The van der Waals surface area contributed by atoms with Crippen LogP contribution >= 0.6 is 15.9 Å². The number of unbranched alkanes of at least 4 members (excludes halogenated alkanes) is 13. The van der Waals surface area contributed by atoms with Gasteiger partial charge in [-0.3, -0.25) is 0 Å². The van der Waals surface area contributed by atoms with E-state index in [2.05, 4.69) is 47.1 Å². The Kier molecular flexibility index (Phi) is 18.6. The van der Waals surface area contributed by atoms with Crippen molar-refractivity contribution in [3.63, 3.8) is 0 Å². The smallest absolute Gasteiger partial charge is 0.338 e. The largest absolute Gasteiger partial charge is 0.494 e. The minimum absolute atomic E-state index is 0.00536. The second-order valence-electron chi connectivity index (χ2n) is 12.3. The van der Waals surface area contributed by atoms with Gasteiger partial charge in [0.05, 0.1) is 18.8 Å². The van der Waals surface area contributed by atoms with Crippen LogP contribution in [0.2, 0.25) is 0 Å². The maximum Gasteiger partial charge on any atom is 0.338 e. The summed E-state index contributed by atoms with van der Waals surface area (Å²) >= 11 is 3.50. The molecule has 0 amide bonds.